The van der Waals surface area contributed by atoms with Crippen LogP contribution in [0.5, 0.6) is 0 Å². The second-order valence-corrected chi connectivity index (χ2v) is 10.5. The van der Waals surface area contributed by atoms with Crippen LogP contribution >= 0.6 is 34.2 Å². The van der Waals surface area contributed by atoms with Gasteiger partial charge in [0, 0.05) is 8.59 Å². The summed E-state index contributed by atoms with van der Waals surface area (Å²) in [4.78, 5) is 12.8. The van der Waals surface area contributed by atoms with Crippen molar-refractivity contribution in [3.63, 3.8) is 0 Å². The summed E-state index contributed by atoms with van der Waals surface area (Å²) < 4.78 is 28.9. The number of aryl methyl sites for hydroxylation is 1. The van der Waals surface area contributed by atoms with E-state index < -0.39 is 22.5 Å². The Bertz CT molecular complexity index is 1260. The maximum Gasteiger partial charge on any atom is 0.264 e. The van der Waals surface area contributed by atoms with Crippen LogP contribution in [-0.4, -0.2) is 26.6 Å². The Morgan fingerprint density at radius 1 is 1.06 bits per heavy atom. The fourth-order valence-electron chi connectivity index (χ4n) is 2.96. The van der Waals surface area contributed by atoms with Gasteiger partial charge in [0.2, 0.25) is 0 Å². The predicted molar refractivity (Wildman–Crippen MR) is 137 cm³/mol. The summed E-state index contributed by atoms with van der Waals surface area (Å²) in [6.07, 6.45) is 0. The molecule has 0 saturated carbocycles. The van der Waals surface area contributed by atoms with Crippen LogP contribution < -0.4 is 9.73 Å². The molecule has 6 nitrogen and oxygen atoms in total. The van der Waals surface area contributed by atoms with Crippen molar-refractivity contribution in [1.82, 2.24) is 5.43 Å². The lowest BCUT2D eigenvalue weighted by Crippen LogP contribution is -2.40. The lowest BCUT2D eigenvalue weighted by molar-refractivity contribution is -0.119. The van der Waals surface area contributed by atoms with Crippen LogP contribution in [0.2, 0.25) is 5.02 Å². The molecule has 9 heteroatoms. The number of carbonyl (C=O) groups is 1. The van der Waals surface area contributed by atoms with Gasteiger partial charge in [0.1, 0.15) is 6.54 Å². The molecule has 166 valence electrons. The summed E-state index contributed by atoms with van der Waals surface area (Å²) in [5, 5.41) is 4.51. The minimum Gasteiger partial charge on any atom is -0.271 e. The average Bonchev–Trinajstić information content (AvgIpc) is 2.78. The molecule has 0 aliphatic rings. The van der Waals surface area contributed by atoms with Crippen molar-refractivity contribution in [3.05, 3.63) is 92.5 Å². The number of hydrogen-bond acceptors (Lipinski definition) is 4. The van der Waals surface area contributed by atoms with Gasteiger partial charge in [-0.25, -0.2) is 13.8 Å². The Hall–Kier alpha value is -2.43. The molecule has 0 radical (unpaired) electrons. The molecule has 1 N–H and O–H groups in total. The molecule has 0 unspecified atom stereocenters. The zero-order chi connectivity index (χ0) is 23.3. The smallest absolute Gasteiger partial charge is 0.264 e. The third-order valence-electron chi connectivity index (χ3n) is 4.65. The van der Waals surface area contributed by atoms with Gasteiger partial charge in [0.05, 0.1) is 16.3 Å². The third kappa shape index (κ3) is 5.87. The minimum absolute atomic E-state index is 0.0747. The number of nitrogens with one attached hydrogen (secondary N) is 1. The lowest BCUT2D eigenvalue weighted by Gasteiger charge is -2.25. The number of rotatable bonds is 7. The zero-order valence-electron chi connectivity index (χ0n) is 17.4. The number of amides is 1. The molecule has 0 spiro atoms. The van der Waals surface area contributed by atoms with E-state index in [1.165, 1.54) is 18.2 Å². The largest absolute Gasteiger partial charge is 0.271 e. The van der Waals surface area contributed by atoms with Gasteiger partial charge in [-0.2, -0.15) is 5.10 Å². The molecule has 3 aromatic carbocycles. The predicted octanol–water partition coefficient (Wildman–Crippen LogP) is 4.99. The number of hydrazone groups is 1. The topological polar surface area (TPSA) is 78.8 Å². The quantitative estimate of drug-likeness (QED) is 0.243. The monoisotopic (exact) mass is 581 g/mol. The highest BCUT2D eigenvalue weighted by atomic mass is 127. The normalized spacial score (nSPS) is 11.8. The van der Waals surface area contributed by atoms with E-state index in [1.807, 2.05) is 24.3 Å². The molecule has 0 aliphatic carbocycles. The zero-order valence-corrected chi connectivity index (χ0v) is 21.1. The molecule has 0 atom stereocenters. The minimum atomic E-state index is -4.02. The van der Waals surface area contributed by atoms with Crippen molar-refractivity contribution in [2.75, 3.05) is 10.8 Å². The van der Waals surface area contributed by atoms with Gasteiger partial charge < -0.3 is 0 Å². The van der Waals surface area contributed by atoms with E-state index >= 15 is 0 Å². The van der Waals surface area contributed by atoms with E-state index in [4.69, 9.17) is 11.6 Å². The molecule has 0 saturated heterocycles. The van der Waals surface area contributed by atoms with Gasteiger partial charge in [-0.3, -0.25) is 9.10 Å². The maximum absolute atomic E-state index is 13.4. The second-order valence-electron chi connectivity index (χ2n) is 7.00. The number of nitrogens with zero attached hydrogens (tertiary/aromatic N) is 2. The number of anilines is 1. The van der Waals surface area contributed by atoms with Gasteiger partial charge in [-0.1, -0.05) is 48.0 Å². The molecule has 3 aromatic rings. The van der Waals surface area contributed by atoms with Crippen LogP contribution in [-0.2, 0) is 14.8 Å². The number of hydrogen-bond donors (Lipinski definition) is 1. The molecular weight excluding hydrogens is 561 g/mol. The van der Waals surface area contributed by atoms with Crippen LogP contribution in [0.15, 0.2) is 82.8 Å². The van der Waals surface area contributed by atoms with Crippen LogP contribution in [0.4, 0.5) is 5.69 Å². The number of sulfonamides is 1. The highest BCUT2D eigenvalue weighted by Gasteiger charge is 2.28. The maximum atomic E-state index is 13.4. The van der Waals surface area contributed by atoms with E-state index in [9.17, 15) is 13.2 Å². The Balaban J connectivity index is 1.91. The van der Waals surface area contributed by atoms with E-state index in [0.717, 1.165) is 13.4 Å². The first-order valence-electron chi connectivity index (χ1n) is 9.61. The van der Waals surface area contributed by atoms with E-state index in [-0.39, 0.29) is 4.90 Å². The highest BCUT2D eigenvalue weighted by molar-refractivity contribution is 14.1. The molecule has 0 aliphatic heterocycles. The fraction of sp³-hybridized carbons (Fsp3) is 0.130. The first-order valence-corrected chi connectivity index (χ1v) is 12.5. The van der Waals surface area contributed by atoms with Crippen LogP contribution in [0.1, 0.15) is 18.1 Å². The highest BCUT2D eigenvalue weighted by Crippen LogP contribution is 2.29. The van der Waals surface area contributed by atoms with Gasteiger partial charge >= 0.3 is 0 Å². The van der Waals surface area contributed by atoms with Gasteiger partial charge in [-0.05, 0) is 84.0 Å². The van der Waals surface area contributed by atoms with Crippen LogP contribution in [0.3, 0.4) is 0 Å². The van der Waals surface area contributed by atoms with Gasteiger partial charge in [-0.15, -0.1) is 0 Å². The number of benzene rings is 3. The molecule has 0 aromatic heterocycles. The average molecular weight is 582 g/mol. The van der Waals surface area contributed by atoms with Crippen molar-refractivity contribution in [3.8, 4) is 0 Å². The molecule has 0 heterocycles. The lowest BCUT2D eigenvalue weighted by atomic mass is 10.1. The standard InChI is InChI=1S/C23H21ClIN3O3S/c1-16-11-12-19(24)14-22(16)28(32(30,31)21-9-4-3-5-10-21)15-23(29)27-26-17(2)18-7-6-8-20(25)13-18/h3-14H,15H2,1-2H3,(H,27,29). The number of carbonyl (C=O) groups excluding carboxylic acids is 1. The van der Waals surface area contributed by atoms with Crippen molar-refractivity contribution in [1.29, 1.82) is 0 Å². The SMILES string of the molecule is CC(=NNC(=O)CN(c1cc(Cl)ccc1C)S(=O)(=O)c1ccccc1)c1cccc(I)c1. The third-order valence-corrected chi connectivity index (χ3v) is 7.33. The van der Waals surface area contributed by atoms with Crippen molar-refractivity contribution in [2.45, 2.75) is 18.7 Å². The molecule has 0 bridgehead atoms. The Morgan fingerprint density at radius 3 is 2.47 bits per heavy atom. The Kier molecular flexibility index (Phi) is 7.91. The Morgan fingerprint density at radius 2 is 1.78 bits per heavy atom. The van der Waals surface area contributed by atoms with E-state index in [0.29, 0.717) is 22.0 Å². The summed E-state index contributed by atoms with van der Waals surface area (Å²) in [5.74, 6) is -0.575. The van der Waals surface area contributed by atoms with Crippen LogP contribution in [0.25, 0.3) is 0 Å². The van der Waals surface area contributed by atoms with Gasteiger partial charge in [0.25, 0.3) is 15.9 Å². The molecule has 0 fully saturated rings. The summed E-state index contributed by atoms with van der Waals surface area (Å²) in [6, 6.07) is 20.5. The summed E-state index contributed by atoms with van der Waals surface area (Å²) in [6.45, 7) is 3.07. The van der Waals surface area contributed by atoms with Crippen molar-refractivity contribution < 1.29 is 13.2 Å². The van der Waals surface area contributed by atoms with Gasteiger partial charge in [0.15, 0.2) is 0 Å². The first kappa shape index (κ1) is 24.2. The molecule has 32 heavy (non-hydrogen) atoms. The first-order chi connectivity index (χ1) is 15.2. The summed E-state index contributed by atoms with van der Waals surface area (Å²) in [5.41, 5.74) is 4.92. The molecule has 3 rings (SSSR count). The molecular formula is C23H21ClIN3O3S. The van der Waals surface area contributed by atoms with Crippen molar-refractivity contribution in [2.24, 2.45) is 5.10 Å². The second kappa shape index (κ2) is 10.5. The molecule has 1 amide bonds. The summed E-state index contributed by atoms with van der Waals surface area (Å²) >= 11 is 8.33. The Labute approximate surface area is 206 Å². The fourth-order valence-corrected chi connectivity index (χ4v) is 5.17. The van der Waals surface area contributed by atoms with E-state index in [1.54, 1.807) is 44.2 Å². The summed E-state index contributed by atoms with van der Waals surface area (Å²) in [7, 11) is -4.02. The van der Waals surface area contributed by atoms with Crippen LogP contribution in [0, 0.1) is 10.5 Å². The number of halogens is 2. The van der Waals surface area contributed by atoms with Crippen molar-refractivity contribution >= 4 is 61.5 Å². The van der Waals surface area contributed by atoms with E-state index in [2.05, 4.69) is 33.1 Å².